The van der Waals surface area contributed by atoms with E-state index >= 15 is 0 Å². The molecule has 4 heteroatoms. The van der Waals surface area contributed by atoms with Gasteiger partial charge in [-0.1, -0.05) is 18.2 Å². The molecule has 0 bridgehead atoms. The van der Waals surface area contributed by atoms with Crippen LogP contribution in [-0.2, 0) is 0 Å². The lowest BCUT2D eigenvalue weighted by molar-refractivity contribution is 0.111. The Morgan fingerprint density at radius 2 is 1.08 bits per heavy atom. The molecule has 24 heavy (non-hydrogen) atoms. The summed E-state index contributed by atoms with van der Waals surface area (Å²) in [5, 5.41) is 8.63. The standard InChI is InChI=1S/C14H10O3.C6H6O.H2/c15-9-11-1-5-13(6-2-11)17-14-7-3-12(10-16)4-8-14;7-6-4-2-1-3-5-6;/h1-10H;1-5,7H;1H/i;;1+1. The number of aromatic hydroxyl groups is 1. The number of para-hydroxylation sites is 1. The Hall–Kier alpha value is -3.40. The molecule has 0 amide bonds. The normalized spacial score (nSPS) is 9.33. The molecule has 0 atom stereocenters. The van der Waals surface area contributed by atoms with Crippen LogP contribution in [0.3, 0.4) is 0 Å². The number of phenols is 1. The van der Waals surface area contributed by atoms with E-state index in [4.69, 9.17) is 9.84 Å². The predicted octanol–water partition coefficient (Wildman–Crippen LogP) is 4.74. The van der Waals surface area contributed by atoms with E-state index in [0.29, 0.717) is 28.4 Å². The molecule has 3 aromatic rings. The zero-order valence-electron chi connectivity index (χ0n) is 12.8. The maximum atomic E-state index is 10.5. The minimum absolute atomic E-state index is 0. The first kappa shape index (κ1) is 17.0. The molecule has 0 saturated carbocycles. The molecule has 0 spiro atoms. The second kappa shape index (κ2) is 8.90. The third-order valence-corrected chi connectivity index (χ3v) is 3.02. The van der Waals surface area contributed by atoms with E-state index in [-0.39, 0.29) is 1.43 Å². The van der Waals surface area contributed by atoms with Gasteiger partial charge in [0.2, 0.25) is 0 Å². The summed E-state index contributed by atoms with van der Waals surface area (Å²) in [5.41, 5.74) is 1.21. The highest BCUT2D eigenvalue weighted by atomic mass is 16.5. The first-order valence-electron chi connectivity index (χ1n) is 7.23. The van der Waals surface area contributed by atoms with Gasteiger partial charge in [0.25, 0.3) is 0 Å². The van der Waals surface area contributed by atoms with Crippen molar-refractivity contribution in [2.24, 2.45) is 0 Å². The first-order chi connectivity index (χ1) is 11.7. The number of carbonyl (C=O) groups is 2. The number of hydrogen-bond donors (Lipinski definition) is 1. The number of phenolic OH excluding ortho intramolecular Hbond substituents is 1. The van der Waals surface area contributed by atoms with Gasteiger partial charge in [-0.15, -0.1) is 0 Å². The van der Waals surface area contributed by atoms with E-state index in [9.17, 15) is 9.59 Å². The van der Waals surface area contributed by atoms with Gasteiger partial charge in [0, 0.05) is 12.6 Å². The van der Waals surface area contributed by atoms with Crippen LogP contribution in [0.15, 0.2) is 78.9 Å². The van der Waals surface area contributed by atoms with Crippen LogP contribution in [0.5, 0.6) is 17.2 Å². The molecule has 1 N–H and O–H groups in total. The van der Waals surface area contributed by atoms with E-state index < -0.39 is 0 Å². The minimum atomic E-state index is 0. The molecule has 0 heterocycles. The molecule has 3 rings (SSSR count). The Bertz CT molecular complexity index is 720. The molecular weight excluding hydrogens is 304 g/mol. The third kappa shape index (κ3) is 5.42. The average Bonchev–Trinajstić information content (AvgIpc) is 2.64. The van der Waals surface area contributed by atoms with Gasteiger partial charge < -0.3 is 9.84 Å². The fourth-order valence-electron chi connectivity index (χ4n) is 1.79. The van der Waals surface area contributed by atoms with E-state index in [0.717, 1.165) is 12.6 Å². The summed E-state index contributed by atoms with van der Waals surface area (Å²) in [6.07, 6.45) is 1.56. The summed E-state index contributed by atoms with van der Waals surface area (Å²) in [5.74, 6) is 1.62. The number of hydrogen-bond acceptors (Lipinski definition) is 4. The quantitative estimate of drug-likeness (QED) is 0.704. The fraction of sp³-hybridized carbons (Fsp3) is 0. The molecule has 0 saturated heterocycles. The molecule has 4 nitrogen and oxygen atoms in total. The molecule has 0 fully saturated rings. The maximum absolute atomic E-state index is 10.5. The SMILES string of the molecule is O=Cc1ccc(Oc2ccc(C=O)cc2)cc1.Oc1ccccc1.[2HH]. The van der Waals surface area contributed by atoms with Gasteiger partial charge in [0.1, 0.15) is 29.8 Å². The third-order valence-electron chi connectivity index (χ3n) is 3.02. The number of benzene rings is 3. The van der Waals surface area contributed by atoms with Gasteiger partial charge in [-0.05, 0) is 60.7 Å². The van der Waals surface area contributed by atoms with Gasteiger partial charge in [0.15, 0.2) is 0 Å². The average molecular weight is 323 g/mol. The summed E-state index contributed by atoms with van der Waals surface area (Å²) in [6, 6.07) is 22.3. The first-order valence-corrected chi connectivity index (χ1v) is 7.23. The molecular formula is C20H18O4. The van der Waals surface area contributed by atoms with Gasteiger partial charge >= 0.3 is 0 Å². The van der Waals surface area contributed by atoms with Crippen molar-refractivity contribution in [3.63, 3.8) is 0 Å². The molecule has 0 aliphatic heterocycles. The summed E-state index contributed by atoms with van der Waals surface area (Å²) < 4.78 is 5.55. The zero-order chi connectivity index (χ0) is 17.2. The molecule has 0 aliphatic carbocycles. The van der Waals surface area contributed by atoms with E-state index in [1.54, 1.807) is 72.8 Å². The van der Waals surface area contributed by atoms with Crippen molar-refractivity contribution in [1.82, 2.24) is 0 Å². The van der Waals surface area contributed by atoms with Crippen LogP contribution in [0.2, 0.25) is 0 Å². The minimum Gasteiger partial charge on any atom is -0.508 e. The number of rotatable bonds is 4. The molecule has 0 aromatic heterocycles. The van der Waals surface area contributed by atoms with Gasteiger partial charge in [0.05, 0.1) is 0 Å². The lowest BCUT2D eigenvalue weighted by Gasteiger charge is -2.05. The van der Waals surface area contributed by atoms with Crippen LogP contribution < -0.4 is 4.74 Å². The Kier molecular flexibility index (Phi) is 6.29. The van der Waals surface area contributed by atoms with Crippen molar-refractivity contribution >= 4 is 12.6 Å². The van der Waals surface area contributed by atoms with Crippen LogP contribution >= 0.6 is 0 Å². The summed E-state index contributed by atoms with van der Waals surface area (Å²) in [7, 11) is 0. The van der Waals surface area contributed by atoms with E-state index in [2.05, 4.69) is 0 Å². The van der Waals surface area contributed by atoms with E-state index in [1.165, 1.54) is 0 Å². The lowest BCUT2D eigenvalue weighted by atomic mass is 10.2. The summed E-state index contributed by atoms with van der Waals surface area (Å²) in [6.45, 7) is 0. The van der Waals surface area contributed by atoms with Gasteiger partial charge in [-0.2, -0.15) is 0 Å². The van der Waals surface area contributed by atoms with Crippen molar-refractivity contribution in [3.05, 3.63) is 90.0 Å². The Morgan fingerprint density at radius 1 is 0.667 bits per heavy atom. The van der Waals surface area contributed by atoms with Crippen LogP contribution in [0.4, 0.5) is 0 Å². The molecule has 122 valence electrons. The van der Waals surface area contributed by atoms with Crippen molar-refractivity contribution in [2.75, 3.05) is 0 Å². The van der Waals surface area contributed by atoms with Crippen LogP contribution in [0, 0.1) is 0 Å². The topological polar surface area (TPSA) is 63.6 Å². The molecule has 0 aliphatic rings. The van der Waals surface area contributed by atoms with Gasteiger partial charge in [-0.25, -0.2) is 0 Å². The summed E-state index contributed by atoms with van der Waals surface area (Å²) in [4.78, 5) is 20.9. The van der Waals surface area contributed by atoms with Crippen molar-refractivity contribution in [3.8, 4) is 17.2 Å². The Balaban J connectivity index is 0.000000330. The number of carbonyl (C=O) groups excluding carboxylic acids is 2. The largest absolute Gasteiger partial charge is 0.508 e. The Morgan fingerprint density at radius 3 is 1.38 bits per heavy atom. The predicted molar refractivity (Wildman–Crippen MR) is 94.0 cm³/mol. The van der Waals surface area contributed by atoms with Crippen LogP contribution in [-0.4, -0.2) is 17.7 Å². The Labute approximate surface area is 141 Å². The van der Waals surface area contributed by atoms with Crippen molar-refractivity contribution in [2.45, 2.75) is 0 Å². The second-order valence-electron chi connectivity index (χ2n) is 4.81. The van der Waals surface area contributed by atoms with E-state index in [1.807, 2.05) is 6.07 Å². The second-order valence-corrected chi connectivity index (χ2v) is 4.81. The smallest absolute Gasteiger partial charge is 0.150 e. The number of ether oxygens (including phenoxy) is 1. The zero-order valence-corrected chi connectivity index (χ0v) is 12.8. The molecule has 3 aromatic carbocycles. The monoisotopic (exact) mass is 323 g/mol. The van der Waals surface area contributed by atoms with Crippen molar-refractivity contribution in [1.29, 1.82) is 0 Å². The lowest BCUT2D eigenvalue weighted by Crippen LogP contribution is -1.86. The van der Waals surface area contributed by atoms with Crippen molar-refractivity contribution < 1.29 is 20.9 Å². The fourth-order valence-corrected chi connectivity index (χ4v) is 1.79. The summed E-state index contributed by atoms with van der Waals surface area (Å²) >= 11 is 0. The van der Waals surface area contributed by atoms with Gasteiger partial charge in [-0.3, -0.25) is 9.59 Å². The van der Waals surface area contributed by atoms with Crippen LogP contribution in [0.25, 0.3) is 0 Å². The molecule has 0 radical (unpaired) electrons. The van der Waals surface area contributed by atoms with Crippen LogP contribution in [0.1, 0.15) is 22.1 Å². The highest BCUT2D eigenvalue weighted by Gasteiger charge is 1.98. The number of aldehydes is 2. The molecule has 0 unspecified atom stereocenters. The highest BCUT2D eigenvalue weighted by Crippen LogP contribution is 2.21. The maximum Gasteiger partial charge on any atom is 0.150 e. The highest BCUT2D eigenvalue weighted by molar-refractivity contribution is 5.75.